The summed E-state index contributed by atoms with van der Waals surface area (Å²) in [6, 6.07) is 23.5. The van der Waals surface area contributed by atoms with Crippen LogP contribution in [0.1, 0.15) is 22.6 Å². The fourth-order valence-electron chi connectivity index (χ4n) is 2.67. The molecule has 4 aromatic rings. The number of benzene rings is 2. The van der Waals surface area contributed by atoms with E-state index in [4.69, 9.17) is 4.74 Å². The van der Waals surface area contributed by atoms with Crippen LogP contribution in [0.3, 0.4) is 0 Å². The number of imidazole rings is 1. The first kappa shape index (κ1) is 16.5. The van der Waals surface area contributed by atoms with Crippen molar-refractivity contribution in [3.8, 4) is 29.4 Å². The van der Waals surface area contributed by atoms with Gasteiger partial charge in [-0.2, -0.15) is 0 Å². The maximum Gasteiger partial charge on any atom is 0.191 e. The highest BCUT2D eigenvalue weighted by atomic mass is 16.5. The van der Waals surface area contributed by atoms with Crippen LogP contribution in [0.4, 0.5) is 0 Å². The van der Waals surface area contributed by atoms with E-state index in [0.717, 1.165) is 28.1 Å². The van der Waals surface area contributed by atoms with E-state index >= 15 is 0 Å². The van der Waals surface area contributed by atoms with Crippen molar-refractivity contribution in [1.29, 1.82) is 0 Å². The summed E-state index contributed by atoms with van der Waals surface area (Å²) in [4.78, 5) is 4.64. The first-order valence-corrected chi connectivity index (χ1v) is 8.54. The molecule has 128 valence electrons. The number of pyridine rings is 1. The largest absolute Gasteiger partial charge is 0.497 e. The zero-order valence-electron chi connectivity index (χ0n) is 14.8. The molecule has 0 N–H and O–H groups in total. The van der Waals surface area contributed by atoms with E-state index in [1.165, 1.54) is 0 Å². The number of rotatable bonds is 1. The molecule has 0 aliphatic rings. The Morgan fingerprint density at radius 2 is 1.44 bits per heavy atom. The van der Waals surface area contributed by atoms with Crippen LogP contribution in [0.25, 0.3) is 5.52 Å². The molecule has 0 fully saturated rings. The van der Waals surface area contributed by atoms with Crippen molar-refractivity contribution in [2.75, 3.05) is 7.11 Å². The molecule has 0 radical (unpaired) electrons. The molecular formula is C24H16N2O. The van der Waals surface area contributed by atoms with Gasteiger partial charge in [-0.3, -0.25) is 4.40 Å². The lowest BCUT2D eigenvalue weighted by atomic mass is 10.2. The van der Waals surface area contributed by atoms with Gasteiger partial charge in [-0.25, -0.2) is 4.98 Å². The lowest BCUT2D eigenvalue weighted by Gasteiger charge is -1.97. The highest BCUT2D eigenvalue weighted by molar-refractivity contribution is 5.63. The third kappa shape index (κ3) is 3.68. The molecule has 4 rings (SSSR count). The van der Waals surface area contributed by atoms with Gasteiger partial charge in [0.1, 0.15) is 11.4 Å². The summed E-state index contributed by atoms with van der Waals surface area (Å²) < 4.78 is 7.14. The molecule has 2 heterocycles. The van der Waals surface area contributed by atoms with Crippen molar-refractivity contribution in [3.05, 3.63) is 102 Å². The Kier molecular flexibility index (Phi) is 4.60. The predicted molar refractivity (Wildman–Crippen MR) is 107 cm³/mol. The van der Waals surface area contributed by atoms with Gasteiger partial charge in [-0.05, 0) is 60.4 Å². The van der Waals surface area contributed by atoms with Crippen molar-refractivity contribution >= 4 is 5.52 Å². The minimum atomic E-state index is 0.666. The van der Waals surface area contributed by atoms with E-state index in [2.05, 4.69) is 28.7 Å². The molecule has 0 aliphatic heterocycles. The van der Waals surface area contributed by atoms with Gasteiger partial charge in [-0.15, -0.1) is 0 Å². The van der Waals surface area contributed by atoms with E-state index in [0.29, 0.717) is 5.82 Å². The minimum absolute atomic E-state index is 0.666. The van der Waals surface area contributed by atoms with Crippen LogP contribution >= 0.6 is 0 Å². The van der Waals surface area contributed by atoms with Crippen molar-refractivity contribution in [2.24, 2.45) is 0 Å². The maximum absolute atomic E-state index is 5.18. The van der Waals surface area contributed by atoms with E-state index in [1.807, 2.05) is 83.4 Å². The lowest BCUT2D eigenvalue weighted by Crippen LogP contribution is -1.87. The van der Waals surface area contributed by atoms with Crippen LogP contribution in [-0.2, 0) is 0 Å². The fourth-order valence-corrected chi connectivity index (χ4v) is 2.67. The van der Waals surface area contributed by atoms with Crippen molar-refractivity contribution < 1.29 is 4.74 Å². The van der Waals surface area contributed by atoms with Gasteiger partial charge >= 0.3 is 0 Å². The van der Waals surface area contributed by atoms with Crippen molar-refractivity contribution in [1.82, 2.24) is 9.38 Å². The van der Waals surface area contributed by atoms with Crippen molar-refractivity contribution in [3.63, 3.8) is 0 Å². The summed E-state index contributed by atoms with van der Waals surface area (Å²) >= 11 is 0. The van der Waals surface area contributed by atoms with Gasteiger partial charge in [0.15, 0.2) is 5.82 Å². The molecule has 0 amide bonds. The molecule has 0 atom stereocenters. The zero-order valence-corrected chi connectivity index (χ0v) is 14.8. The highest BCUT2D eigenvalue weighted by Gasteiger charge is 2.06. The molecule has 2 aromatic heterocycles. The van der Waals surface area contributed by atoms with Crippen LogP contribution in [-0.4, -0.2) is 16.5 Å². The number of hydrogen-bond acceptors (Lipinski definition) is 2. The summed E-state index contributed by atoms with van der Waals surface area (Å²) in [6.07, 6.45) is 1.95. The van der Waals surface area contributed by atoms with Gasteiger partial charge in [-0.1, -0.05) is 36.1 Å². The summed E-state index contributed by atoms with van der Waals surface area (Å²) in [5.74, 6) is 14.1. The van der Waals surface area contributed by atoms with Gasteiger partial charge in [0, 0.05) is 17.3 Å². The Labute approximate surface area is 158 Å². The Hall–Kier alpha value is -3.95. The van der Waals surface area contributed by atoms with Crippen LogP contribution in [0.5, 0.6) is 5.75 Å². The van der Waals surface area contributed by atoms with Gasteiger partial charge in [0.05, 0.1) is 12.6 Å². The molecule has 0 saturated carbocycles. The molecule has 0 bridgehead atoms. The lowest BCUT2D eigenvalue weighted by molar-refractivity contribution is 0.415. The molecule has 2 aromatic carbocycles. The smallest absolute Gasteiger partial charge is 0.191 e. The van der Waals surface area contributed by atoms with Crippen LogP contribution in [0, 0.1) is 23.7 Å². The van der Waals surface area contributed by atoms with E-state index in [1.54, 1.807) is 7.11 Å². The van der Waals surface area contributed by atoms with E-state index in [9.17, 15) is 0 Å². The molecule has 3 heteroatoms. The summed E-state index contributed by atoms with van der Waals surface area (Å²) in [6.45, 7) is 0. The SMILES string of the molecule is COc1ccc(C#Cc2nc(C#Cc3ccccc3)c3ccccn23)cc1. The maximum atomic E-state index is 5.18. The molecule has 0 spiro atoms. The van der Waals surface area contributed by atoms with Gasteiger partial charge in [0.2, 0.25) is 0 Å². The van der Waals surface area contributed by atoms with Gasteiger partial charge < -0.3 is 4.74 Å². The number of hydrogen-bond donors (Lipinski definition) is 0. The molecule has 0 unspecified atom stereocenters. The van der Waals surface area contributed by atoms with E-state index in [-0.39, 0.29) is 0 Å². The Balaban J connectivity index is 1.72. The number of nitrogens with zero attached hydrogens (tertiary/aromatic N) is 2. The normalized spacial score (nSPS) is 9.81. The summed E-state index contributed by atoms with van der Waals surface area (Å²) in [7, 11) is 1.65. The monoisotopic (exact) mass is 348 g/mol. The first-order valence-electron chi connectivity index (χ1n) is 8.54. The Morgan fingerprint density at radius 3 is 2.22 bits per heavy atom. The molecule has 0 aliphatic carbocycles. The quantitative estimate of drug-likeness (QED) is 0.483. The number of fused-ring (bicyclic) bond motifs is 1. The third-order valence-electron chi connectivity index (χ3n) is 4.06. The number of ether oxygens (including phenoxy) is 1. The van der Waals surface area contributed by atoms with Gasteiger partial charge in [0.25, 0.3) is 0 Å². The summed E-state index contributed by atoms with van der Waals surface area (Å²) in [5.41, 5.74) is 3.53. The fraction of sp³-hybridized carbons (Fsp3) is 0.0417. The molecular weight excluding hydrogens is 332 g/mol. The summed E-state index contributed by atoms with van der Waals surface area (Å²) in [5, 5.41) is 0. The van der Waals surface area contributed by atoms with Crippen molar-refractivity contribution in [2.45, 2.75) is 0 Å². The third-order valence-corrected chi connectivity index (χ3v) is 4.06. The zero-order chi connectivity index (χ0) is 18.5. The molecule has 3 nitrogen and oxygen atoms in total. The van der Waals surface area contributed by atoms with Crippen LogP contribution < -0.4 is 4.74 Å². The second kappa shape index (κ2) is 7.52. The molecule has 27 heavy (non-hydrogen) atoms. The second-order valence-corrected chi connectivity index (χ2v) is 5.83. The molecule has 0 saturated heterocycles. The predicted octanol–water partition coefficient (Wildman–Crippen LogP) is 4.14. The Morgan fingerprint density at radius 1 is 0.741 bits per heavy atom. The Bertz CT molecular complexity index is 1200. The van der Waals surface area contributed by atoms with Crippen LogP contribution in [0.15, 0.2) is 79.0 Å². The first-order chi connectivity index (χ1) is 13.3. The topological polar surface area (TPSA) is 26.5 Å². The number of aromatic nitrogens is 2. The average molecular weight is 348 g/mol. The standard InChI is InChI=1S/C24H16N2O/c1-27-21-14-10-20(11-15-21)13-17-24-25-22(23-9-5-6-18-26(23)24)16-12-19-7-3-2-4-8-19/h2-11,14-15,18H,1H3. The highest BCUT2D eigenvalue weighted by Crippen LogP contribution is 2.13. The second-order valence-electron chi connectivity index (χ2n) is 5.83. The van der Waals surface area contributed by atoms with Crippen LogP contribution in [0.2, 0.25) is 0 Å². The number of methoxy groups -OCH3 is 1. The average Bonchev–Trinajstić information content (AvgIpc) is 3.10. The van der Waals surface area contributed by atoms with E-state index < -0.39 is 0 Å². The minimum Gasteiger partial charge on any atom is -0.497 e.